The van der Waals surface area contributed by atoms with Gasteiger partial charge in [0, 0.05) is 13.1 Å². The van der Waals surface area contributed by atoms with Gasteiger partial charge in [0.25, 0.3) is 5.91 Å². The molecule has 0 aliphatic rings. The van der Waals surface area contributed by atoms with E-state index in [0.29, 0.717) is 10.0 Å². The number of nitrogens with zero attached hydrogens (tertiary/aromatic N) is 2. The van der Waals surface area contributed by atoms with Crippen molar-refractivity contribution in [3.05, 3.63) is 10.6 Å². The van der Waals surface area contributed by atoms with Crippen LogP contribution in [0.5, 0.6) is 0 Å². The van der Waals surface area contributed by atoms with Crippen LogP contribution in [0, 0.1) is 6.92 Å². The fraction of sp³-hybridized carbons (Fsp3) is 0.600. The molecule has 0 spiro atoms. The lowest BCUT2D eigenvalue weighted by atomic mass is 10.2. The summed E-state index contributed by atoms with van der Waals surface area (Å²) in [4.78, 5) is 18.5. The van der Waals surface area contributed by atoms with Gasteiger partial charge in [0.15, 0.2) is 5.13 Å². The molecular weight excluding hydrogens is 210 g/mol. The van der Waals surface area contributed by atoms with Crippen molar-refractivity contribution >= 4 is 22.4 Å². The SMILES string of the molecule is CCC(C)N(C)C(=O)c1sc(N)nc1C. The Morgan fingerprint density at radius 3 is 2.67 bits per heavy atom. The molecule has 1 aromatic rings. The van der Waals surface area contributed by atoms with Gasteiger partial charge in [0.05, 0.1) is 5.69 Å². The maximum Gasteiger partial charge on any atom is 0.265 e. The van der Waals surface area contributed by atoms with Crippen LogP contribution in [0.3, 0.4) is 0 Å². The first-order valence-corrected chi connectivity index (χ1v) is 5.79. The summed E-state index contributed by atoms with van der Waals surface area (Å²) >= 11 is 1.25. The van der Waals surface area contributed by atoms with Gasteiger partial charge in [-0.25, -0.2) is 4.98 Å². The Morgan fingerprint density at radius 1 is 1.67 bits per heavy atom. The van der Waals surface area contributed by atoms with Crippen LogP contribution in [0.25, 0.3) is 0 Å². The summed E-state index contributed by atoms with van der Waals surface area (Å²) < 4.78 is 0. The monoisotopic (exact) mass is 227 g/mol. The molecule has 0 saturated carbocycles. The molecule has 1 unspecified atom stereocenters. The molecule has 2 N–H and O–H groups in total. The van der Waals surface area contributed by atoms with E-state index >= 15 is 0 Å². The number of nitrogens with two attached hydrogens (primary N) is 1. The van der Waals surface area contributed by atoms with Crippen molar-refractivity contribution in [3.8, 4) is 0 Å². The molecule has 0 aliphatic heterocycles. The second kappa shape index (κ2) is 4.61. The predicted molar refractivity (Wildman–Crippen MR) is 63.1 cm³/mol. The zero-order valence-corrected chi connectivity index (χ0v) is 10.4. The van der Waals surface area contributed by atoms with E-state index in [0.717, 1.165) is 12.1 Å². The van der Waals surface area contributed by atoms with E-state index in [9.17, 15) is 4.79 Å². The second-order valence-electron chi connectivity index (χ2n) is 3.64. The predicted octanol–water partition coefficient (Wildman–Crippen LogP) is 1.90. The topological polar surface area (TPSA) is 59.2 Å². The zero-order valence-electron chi connectivity index (χ0n) is 9.57. The molecule has 1 atom stereocenters. The molecular formula is C10H17N3OS. The van der Waals surface area contributed by atoms with Crippen LogP contribution in [0.4, 0.5) is 5.13 Å². The van der Waals surface area contributed by atoms with Crippen molar-refractivity contribution in [3.63, 3.8) is 0 Å². The van der Waals surface area contributed by atoms with Gasteiger partial charge in [-0.05, 0) is 20.3 Å². The number of amides is 1. The summed E-state index contributed by atoms with van der Waals surface area (Å²) in [5.74, 6) is 0.0102. The van der Waals surface area contributed by atoms with Gasteiger partial charge in [-0.1, -0.05) is 18.3 Å². The first-order chi connectivity index (χ1) is 6.97. The summed E-state index contributed by atoms with van der Waals surface area (Å²) in [6, 6.07) is 0.236. The van der Waals surface area contributed by atoms with Gasteiger partial charge in [-0.15, -0.1) is 0 Å². The van der Waals surface area contributed by atoms with Crippen LogP contribution in [-0.2, 0) is 0 Å². The highest BCUT2D eigenvalue weighted by Gasteiger charge is 2.20. The third-order valence-corrected chi connectivity index (χ3v) is 3.55. The normalized spacial score (nSPS) is 12.5. The van der Waals surface area contributed by atoms with E-state index in [-0.39, 0.29) is 11.9 Å². The molecule has 1 heterocycles. The molecule has 0 aliphatic carbocycles. The minimum Gasteiger partial charge on any atom is -0.375 e. The Kier molecular flexibility index (Phi) is 3.68. The van der Waals surface area contributed by atoms with Gasteiger partial charge in [0.1, 0.15) is 4.88 Å². The van der Waals surface area contributed by atoms with Gasteiger partial charge >= 0.3 is 0 Å². The molecule has 1 amide bonds. The Balaban J connectivity index is 2.89. The standard InChI is InChI=1S/C10H17N3OS/c1-5-6(2)13(4)9(14)8-7(3)12-10(11)15-8/h6H,5H2,1-4H3,(H2,11,12). The summed E-state index contributed by atoms with van der Waals surface area (Å²) in [5.41, 5.74) is 6.28. The van der Waals surface area contributed by atoms with Gasteiger partial charge < -0.3 is 10.6 Å². The van der Waals surface area contributed by atoms with Gasteiger partial charge in [-0.3, -0.25) is 4.79 Å². The van der Waals surface area contributed by atoms with Crippen LogP contribution < -0.4 is 5.73 Å². The number of aromatic nitrogens is 1. The summed E-state index contributed by atoms with van der Waals surface area (Å²) in [7, 11) is 1.81. The zero-order chi connectivity index (χ0) is 11.6. The van der Waals surface area contributed by atoms with Gasteiger partial charge in [0.2, 0.25) is 0 Å². The highest BCUT2D eigenvalue weighted by Crippen LogP contribution is 2.21. The molecule has 0 aromatic carbocycles. The van der Waals surface area contributed by atoms with E-state index in [1.165, 1.54) is 11.3 Å². The molecule has 0 fully saturated rings. The molecule has 1 aromatic heterocycles. The molecule has 84 valence electrons. The Morgan fingerprint density at radius 2 is 2.27 bits per heavy atom. The summed E-state index contributed by atoms with van der Waals surface area (Å²) in [5, 5.41) is 0.452. The quantitative estimate of drug-likeness (QED) is 0.858. The summed E-state index contributed by atoms with van der Waals surface area (Å²) in [6.07, 6.45) is 0.940. The number of hydrogen-bond donors (Lipinski definition) is 1. The van der Waals surface area contributed by atoms with Crippen molar-refractivity contribution in [2.45, 2.75) is 33.2 Å². The Hall–Kier alpha value is -1.10. The molecule has 15 heavy (non-hydrogen) atoms. The largest absolute Gasteiger partial charge is 0.375 e. The van der Waals surface area contributed by atoms with E-state index in [4.69, 9.17) is 5.73 Å². The second-order valence-corrected chi connectivity index (χ2v) is 4.67. The van der Waals surface area contributed by atoms with E-state index < -0.39 is 0 Å². The number of carbonyl (C=O) groups excluding carboxylic acids is 1. The van der Waals surface area contributed by atoms with Crippen LogP contribution >= 0.6 is 11.3 Å². The van der Waals surface area contributed by atoms with E-state index in [1.807, 2.05) is 20.9 Å². The molecule has 0 bridgehead atoms. The average Bonchev–Trinajstić information content (AvgIpc) is 2.54. The number of rotatable bonds is 3. The highest BCUT2D eigenvalue weighted by molar-refractivity contribution is 7.17. The number of nitrogen functional groups attached to an aromatic ring is 1. The number of aryl methyl sites for hydroxylation is 1. The van der Waals surface area contributed by atoms with Crippen molar-refractivity contribution in [1.82, 2.24) is 9.88 Å². The highest BCUT2D eigenvalue weighted by atomic mass is 32.1. The van der Waals surface area contributed by atoms with Crippen LogP contribution in [-0.4, -0.2) is 28.9 Å². The maximum absolute atomic E-state index is 12.0. The molecule has 1 rings (SSSR count). The number of thiazole rings is 1. The molecule has 0 saturated heterocycles. The Labute approximate surface area is 94.1 Å². The number of anilines is 1. The van der Waals surface area contributed by atoms with Crippen LogP contribution in [0.15, 0.2) is 0 Å². The van der Waals surface area contributed by atoms with Crippen molar-refractivity contribution < 1.29 is 4.79 Å². The third kappa shape index (κ3) is 2.47. The van der Waals surface area contributed by atoms with Crippen molar-refractivity contribution in [1.29, 1.82) is 0 Å². The number of hydrogen-bond acceptors (Lipinski definition) is 4. The van der Waals surface area contributed by atoms with Crippen LogP contribution in [0.2, 0.25) is 0 Å². The van der Waals surface area contributed by atoms with Crippen molar-refractivity contribution in [2.75, 3.05) is 12.8 Å². The van der Waals surface area contributed by atoms with Crippen LogP contribution in [0.1, 0.15) is 35.6 Å². The third-order valence-electron chi connectivity index (χ3n) is 2.58. The smallest absolute Gasteiger partial charge is 0.265 e. The average molecular weight is 227 g/mol. The lowest BCUT2D eigenvalue weighted by molar-refractivity contribution is 0.0744. The van der Waals surface area contributed by atoms with E-state index in [2.05, 4.69) is 11.9 Å². The first-order valence-electron chi connectivity index (χ1n) is 4.97. The Bertz CT molecular complexity index is 362. The van der Waals surface area contributed by atoms with Crippen molar-refractivity contribution in [2.24, 2.45) is 0 Å². The minimum atomic E-state index is 0.0102. The maximum atomic E-state index is 12.0. The fourth-order valence-corrected chi connectivity index (χ4v) is 2.07. The summed E-state index contributed by atoms with van der Waals surface area (Å²) in [6.45, 7) is 5.89. The lowest BCUT2D eigenvalue weighted by Gasteiger charge is -2.23. The molecule has 4 nitrogen and oxygen atoms in total. The van der Waals surface area contributed by atoms with E-state index in [1.54, 1.807) is 4.90 Å². The minimum absolute atomic E-state index is 0.0102. The molecule has 0 radical (unpaired) electrons. The number of carbonyl (C=O) groups is 1. The molecule has 5 heteroatoms. The lowest BCUT2D eigenvalue weighted by Crippen LogP contribution is -2.34. The van der Waals surface area contributed by atoms with Gasteiger partial charge in [-0.2, -0.15) is 0 Å². The first kappa shape index (κ1) is 12.0. The fourth-order valence-electron chi connectivity index (χ4n) is 1.25.